The Kier molecular flexibility index (Phi) is 3.93. The average Bonchev–Trinajstić information content (AvgIpc) is 2.18. The number of aliphatic carboxylic acids is 1. The molecular weight excluding hydrogens is 225 g/mol. The van der Waals surface area contributed by atoms with Gasteiger partial charge in [-0.2, -0.15) is 8.78 Å². The van der Waals surface area contributed by atoms with Gasteiger partial charge in [0.15, 0.2) is 11.6 Å². The van der Waals surface area contributed by atoms with Gasteiger partial charge in [-0.05, 0) is 12.1 Å². The molecule has 0 aliphatic rings. The van der Waals surface area contributed by atoms with E-state index in [0.29, 0.717) is 6.08 Å². The molecule has 6 heteroatoms. The molecule has 0 atom stereocenters. The van der Waals surface area contributed by atoms with E-state index < -0.39 is 24.1 Å². The standard InChI is InChI=1S/C10H7F3O3/c11-7-3-1-2-6(4-5-8(14)15)9(7)16-10(12)13/h1-5,10H,(H,14,15)/b5-4+. The highest BCUT2D eigenvalue weighted by atomic mass is 19.3. The molecule has 1 rings (SSSR count). The third-order valence-electron chi connectivity index (χ3n) is 1.61. The second kappa shape index (κ2) is 5.20. The molecule has 16 heavy (non-hydrogen) atoms. The molecule has 0 heterocycles. The van der Waals surface area contributed by atoms with Crippen LogP contribution in [0.15, 0.2) is 24.3 Å². The van der Waals surface area contributed by atoms with Gasteiger partial charge in [-0.15, -0.1) is 0 Å². The van der Waals surface area contributed by atoms with Crippen molar-refractivity contribution in [3.63, 3.8) is 0 Å². The molecule has 1 aromatic carbocycles. The fraction of sp³-hybridized carbons (Fsp3) is 0.100. The molecule has 0 unspecified atom stereocenters. The highest BCUT2D eigenvalue weighted by molar-refractivity contribution is 5.85. The van der Waals surface area contributed by atoms with Crippen LogP contribution >= 0.6 is 0 Å². The van der Waals surface area contributed by atoms with Crippen molar-refractivity contribution in [2.75, 3.05) is 0 Å². The molecule has 0 aliphatic carbocycles. The maximum Gasteiger partial charge on any atom is 0.387 e. The zero-order valence-electron chi connectivity index (χ0n) is 7.86. The van der Waals surface area contributed by atoms with E-state index in [1.807, 2.05) is 0 Å². The number of carboxylic acids is 1. The summed E-state index contributed by atoms with van der Waals surface area (Å²) in [5, 5.41) is 8.35. The van der Waals surface area contributed by atoms with E-state index in [0.717, 1.165) is 12.1 Å². The third-order valence-corrected chi connectivity index (χ3v) is 1.61. The summed E-state index contributed by atoms with van der Waals surface area (Å²) in [5.41, 5.74) is -0.0669. The number of halogens is 3. The Balaban J connectivity index is 3.07. The van der Waals surface area contributed by atoms with Gasteiger partial charge in [-0.25, -0.2) is 9.18 Å². The van der Waals surface area contributed by atoms with Crippen LogP contribution in [0.1, 0.15) is 5.56 Å². The Morgan fingerprint density at radius 2 is 2.12 bits per heavy atom. The van der Waals surface area contributed by atoms with Gasteiger partial charge in [-0.1, -0.05) is 12.1 Å². The zero-order chi connectivity index (χ0) is 12.1. The molecule has 1 aromatic rings. The Morgan fingerprint density at radius 3 is 2.69 bits per heavy atom. The van der Waals surface area contributed by atoms with Crippen LogP contribution in [0, 0.1) is 5.82 Å². The number of alkyl halides is 2. The van der Waals surface area contributed by atoms with Crippen molar-refractivity contribution in [3.8, 4) is 5.75 Å². The zero-order valence-corrected chi connectivity index (χ0v) is 7.86. The summed E-state index contributed by atoms with van der Waals surface area (Å²) in [5.74, 6) is -2.92. The number of benzene rings is 1. The summed E-state index contributed by atoms with van der Waals surface area (Å²) in [6.07, 6.45) is 1.68. The van der Waals surface area contributed by atoms with Crippen LogP contribution in [0.25, 0.3) is 6.08 Å². The van der Waals surface area contributed by atoms with Gasteiger partial charge in [0.25, 0.3) is 0 Å². The molecule has 0 aliphatic heterocycles. The highest BCUT2D eigenvalue weighted by Crippen LogP contribution is 2.25. The van der Waals surface area contributed by atoms with Crippen LogP contribution in [-0.2, 0) is 4.79 Å². The lowest BCUT2D eigenvalue weighted by Crippen LogP contribution is -2.05. The number of carbonyl (C=O) groups is 1. The van der Waals surface area contributed by atoms with Crippen LogP contribution in [0.5, 0.6) is 5.75 Å². The van der Waals surface area contributed by atoms with Crippen LogP contribution in [0.3, 0.4) is 0 Å². The van der Waals surface area contributed by atoms with Crippen molar-refractivity contribution >= 4 is 12.0 Å². The van der Waals surface area contributed by atoms with Gasteiger partial charge < -0.3 is 9.84 Å². The number of rotatable bonds is 4. The van der Waals surface area contributed by atoms with Crippen LogP contribution in [-0.4, -0.2) is 17.7 Å². The minimum absolute atomic E-state index is 0.0669. The first-order valence-corrected chi connectivity index (χ1v) is 4.15. The average molecular weight is 232 g/mol. The first-order chi connectivity index (χ1) is 7.50. The van der Waals surface area contributed by atoms with Gasteiger partial charge in [0.2, 0.25) is 0 Å². The predicted octanol–water partition coefficient (Wildman–Crippen LogP) is 2.52. The normalized spacial score (nSPS) is 11.0. The Morgan fingerprint density at radius 1 is 1.44 bits per heavy atom. The fourth-order valence-electron chi connectivity index (χ4n) is 1.03. The second-order valence-corrected chi connectivity index (χ2v) is 2.71. The third kappa shape index (κ3) is 3.30. The van der Waals surface area contributed by atoms with E-state index in [4.69, 9.17) is 5.11 Å². The molecule has 0 saturated carbocycles. The predicted molar refractivity (Wildman–Crippen MR) is 49.7 cm³/mol. The molecule has 0 saturated heterocycles. The summed E-state index contributed by atoms with van der Waals surface area (Å²) in [6.45, 7) is -3.17. The van der Waals surface area contributed by atoms with Crippen molar-refractivity contribution in [2.45, 2.75) is 6.61 Å². The van der Waals surface area contributed by atoms with Gasteiger partial charge in [0.1, 0.15) is 0 Å². The highest BCUT2D eigenvalue weighted by Gasteiger charge is 2.13. The van der Waals surface area contributed by atoms with E-state index in [1.165, 1.54) is 12.1 Å². The summed E-state index contributed by atoms with van der Waals surface area (Å²) in [4.78, 5) is 10.2. The molecule has 3 nitrogen and oxygen atoms in total. The molecule has 0 radical (unpaired) electrons. The van der Waals surface area contributed by atoms with Crippen LogP contribution < -0.4 is 4.74 Å². The number of carboxylic acid groups (broad SMARTS) is 1. The lowest BCUT2D eigenvalue weighted by atomic mass is 10.2. The van der Waals surface area contributed by atoms with Crippen LogP contribution in [0.4, 0.5) is 13.2 Å². The van der Waals surface area contributed by atoms with Crippen molar-refractivity contribution < 1.29 is 27.8 Å². The minimum atomic E-state index is -3.17. The number of ether oxygens (including phenoxy) is 1. The second-order valence-electron chi connectivity index (χ2n) is 2.71. The van der Waals surface area contributed by atoms with E-state index in [-0.39, 0.29) is 5.56 Å². The van der Waals surface area contributed by atoms with Gasteiger partial charge in [0, 0.05) is 11.6 Å². The van der Waals surface area contributed by atoms with E-state index in [2.05, 4.69) is 4.74 Å². The number of hydrogen-bond acceptors (Lipinski definition) is 2. The number of para-hydroxylation sites is 1. The Hall–Kier alpha value is -1.98. The van der Waals surface area contributed by atoms with Crippen molar-refractivity contribution in [1.82, 2.24) is 0 Å². The van der Waals surface area contributed by atoms with Crippen molar-refractivity contribution in [2.24, 2.45) is 0 Å². The first-order valence-electron chi connectivity index (χ1n) is 4.15. The Bertz CT molecular complexity index is 416. The molecular formula is C10H7F3O3. The summed E-state index contributed by atoms with van der Waals surface area (Å²) < 4.78 is 41.0. The maximum absolute atomic E-state index is 13.1. The van der Waals surface area contributed by atoms with Crippen molar-refractivity contribution in [3.05, 3.63) is 35.7 Å². The summed E-state index contributed by atoms with van der Waals surface area (Å²) in [7, 11) is 0. The maximum atomic E-state index is 13.1. The largest absolute Gasteiger partial charge is 0.478 e. The lowest BCUT2D eigenvalue weighted by Gasteiger charge is -2.08. The molecule has 0 fully saturated rings. The Labute approximate surface area is 88.8 Å². The topological polar surface area (TPSA) is 46.5 Å². The molecule has 86 valence electrons. The molecule has 1 N–H and O–H groups in total. The van der Waals surface area contributed by atoms with E-state index >= 15 is 0 Å². The van der Waals surface area contributed by atoms with Gasteiger partial charge in [0.05, 0.1) is 0 Å². The first kappa shape index (κ1) is 12.1. The molecule has 0 spiro atoms. The summed E-state index contributed by atoms with van der Waals surface area (Å²) in [6, 6.07) is 3.46. The molecule has 0 amide bonds. The molecule has 0 aromatic heterocycles. The number of hydrogen-bond donors (Lipinski definition) is 1. The SMILES string of the molecule is O=C(O)/C=C/c1cccc(F)c1OC(F)F. The van der Waals surface area contributed by atoms with Crippen molar-refractivity contribution in [1.29, 1.82) is 0 Å². The van der Waals surface area contributed by atoms with Crippen LogP contribution in [0.2, 0.25) is 0 Å². The fourth-order valence-corrected chi connectivity index (χ4v) is 1.03. The minimum Gasteiger partial charge on any atom is -0.478 e. The molecule has 0 bridgehead atoms. The van der Waals surface area contributed by atoms with Gasteiger partial charge in [-0.3, -0.25) is 0 Å². The van der Waals surface area contributed by atoms with E-state index in [1.54, 1.807) is 0 Å². The monoisotopic (exact) mass is 232 g/mol. The van der Waals surface area contributed by atoms with E-state index in [9.17, 15) is 18.0 Å². The summed E-state index contributed by atoms with van der Waals surface area (Å²) >= 11 is 0. The lowest BCUT2D eigenvalue weighted by molar-refractivity contribution is -0.131. The quantitative estimate of drug-likeness (QED) is 0.811. The van der Waals surface area contributed by atoms with Gasteiger partial charge >= 0.3 is 12.6 Å². The smallest absolute Gasteiger partial charge is 0.387 e.